The highest BCUT2D eigenvalue weighted by Crippen LogP contribution is 2.28. The van der Waals surface area contributed by atoms with Crippen molar-refractivity contribution in [3.8, 4) is 0 Å². The molecule has 0 saturated carbocycles. The van der Waals surface area contributed by atoms with Gasteiger partial charge in [0.1, 0.15) is 5.82 Å². The lowest BCUT2D eigenvalue weighted by Gasteiger charge is -2.44. The van der Waals surface area contributed by atoms with Crippen molar-refractivity contribution < 1.29 is 4.79 Å². The second-order valence-electron chi connectivity index (χ2n) is 7.16. The molecule has 27 heavy (non-hydrogen) atoms. The second-order valence-corrected chi connectivity index (χ2v) is 7.16. The minimum absolute atomic E-state index is 0.230. The standard InChI is InChI=1S/C21H25N5O/c1-15-23-19-9-7-17(13-20(19)24-15)26-12-11-25(16-5-3-2-4-6-16)14-18(26)8-10-21(22)27/h2-7,9,13,18H,8,10-12,14H2,1H3,(H2,22,27)(H,23,24). The van der Waals surface area contributed by atoms with E-state index in [1.807, 2.05) is 13.0 Å². The molecule has 1 amide bonds. The van der Waals surface area contributed by atoms with Crippen LogP contribution in [0.25, 0.3) is 11.0 Å². The molecule has 6 nitrogen and oxygen atoms in total. The van der Waals surface area contributed by atoms with Crippen LogP contribution in [-0.4, -0.2) is 41.6 Å². The molecule has 0 aliphatic carbocycles. The van der Waals surface area contributed by atoms with Crippen molar-refractivity contribution in [2.45, 2.75) is 25.8 Å². The summed E-state index contributed by atoms with van der Waals surface area (Å²) in [6, 6.07) is 17.0. The molecule has 3 N–H and O–H groups in total. The maximum atomic E-state index is 11.4. The lowest BCUT2D eigenvalue weighted by Crippen LogP contribution is -2.53. The fourth-order valence-corrected chi connectivity index (χ4v) is 3.93. The number of fused-ring (bicyclic) bond motifs is 1. The average Bonchev–Trinajstić information content (AvgIpc) is 3.06. The lowest BCUT2D eigenvalue weighted by atomic mass is 10.0. The minimum Gasteiger partial charge on any atom is -0.370 e. The summed E-state index contributed by atoms with van der Waals surface area (Å²) in [7, 11) is 0. The van der Waals surface area contributed by atoms with Gasteiger partial charge in [-0.2, -0.15) is 0 Å². The molecule has 1 atom stereocenters. The third-order valence-corrected chi connectivity index (χ3v) is 5.24. The fraction of sp³-hybridized carbons (Fsp3) is 0.333. The third-order valence-electron chi connectivity index (χ3n) is 5.24. The van der Waals surface area contributed by atoms with E-state index in [-0.39, 0.29) is 11.9 Å². The second kappa shape index (κ2) is 7.31. The summed E-state index contributed by atoms with van der Waals surface area (Å²) in [5.74, 6) is 0.674. The minimum atomic E-state index is -0.244. The molecular weight excluding hydrogens is 338 g/mol. The number of imidazole rings is 1. The van der Waals surface area contributed by atoms with Gasteiger partial charge in [0.25, 0.3) is 0 Å². The quantitative estimate of drug-likeness (QED) is 0.731. The van der Waals surface area contributed by atoms with Crippen LogP contribution in [0.15, 0.2) is 48.5 Å². The predicted octanol–water partition coefficient (Wildman–Crippen LogP) is 2.83. The number of benzene rings is 2. The molecule has 0 spiro atoms. The van der Waals surface area contributed by atoms with Crippen molar-refractivity contribution >= 4 is 28.3 Å². The Morgan fingerprint density at radius 3 is 2.78 bits per heavy atom. The molecule has 2 heterocycles. The molecule has 3 aromatic rings. The summed E-state index contributed by atoms with van der Waals surface area (Å²) >= 11 is 0. The van der Waals surface area contributed by atoms with Gasteiger partial charge in [-0.05, 0) is 43.7 Å². The van der Waals surface area contributed by atoms with Crippen LogP contribution in [-0.2, 0) is 4.79 Å². The monoisotopic (exact) mass is 363 g/mol. The molecular formula is C21H25N5O. The molecule has 1 saturated heterocycles. The van der Waals surface area contributed by atoms with Crippen molar-refractivity contribution in [3.63, 3.8) is 0 Å². The number of primary amides is 1. The summed E-state index contributed by atoms with van der Waals surface area (Å²) in [5, 5.41) is 0. The number of carbonyl (C=O) groups is 1. The van der Waals surface area contributed by atoms with E-state index < -0.39 is 0 Å². The number of hydrogen-bond donors (Lipinski definition) is 2. The summed E-state index contributed by atoms with van der Waals surface area (Å²) in [6.07, 6.45) is 1.15. The van der Waals surface area contributed by atoms with Crippen molar-refractivity contribution in [2.75, 3.05) is 29.4 Å². The van der Waals surface area contributed by atoms with E-state index in [1.165, 1.54) is 5.69 Å². The molecule has 4 rings (SSSR count). The van der Waals surface area contributed by atoms with Crippen LogP contribution in [0.3, 0.4) is 0 Å². The maximum absolute atomic E-state index is 11.4. The lowest BCUT2D eigenvalue weighted by molar-refractivity contribution is -0.118. The predicted molar refractivity (Wildman–Crippen MR) is 109 cm³/mol. The number of aryl methyl sites for hydroxylation is 1. The molecule has 6 heteroatoms. The highest BCUT2D eigenvalue weighted by molar-refractivity contribution is 5.80. The number of nitrogens with two attached hydrogens (primary N) is 1. The van der Waals surface area contributed by atoms with Gasteiger partial charge in [0.05, 0.1) is 11.0 Å². The van der Waals surface area contributed by atoms with Gasteiger partial charge in [-0.15, -0.1) is 0 Å². The Kier molecular flexibility index (Phi) is 4.71. The number of hydrogen-bond acceptors (Lipinski definition) is 4. The number of nitrogens with one attached hydrogen (secondary N) is 1. The van der Waals surface area contributed by atoms with E-state index >= 15 is 0 Å². The Bertz CT molecular complexity index is 936. The molecule has 1 unspecified atom stereocenters. The number of aromatic nitrogens is 2. The van der Waals surface area contributed by atoms with Gasteiger partial charge in [-0.1, -0.05) is 18.2 Å². The number of piperazine rings is 1. The first-order valence-corrected chi connectivity index (χ1v) is 9.41. The molecule has 0 bridgehead atoms. The van der Waals surface area contributed by atoms with Crippen LogP contribution < -0.4 is 15.5 Å². The van der Waals surface area contributed by atoms with E-state index in [0.29, 0.717) is 6.42 Å². The van der Waals surface area contributed by atoms with Crippen LogP contribution in [0.4, 0.5) is 11.4 Å². The maximum Gasteiger partial charge on any atom is 0.217 e. The van der Waals surface area contributed by atoms with Crippen LogP contribution in [0, 0.1) is 6.92 Å². The molecule has 140 valence electrons. The Labute approximate surface area is 159 Å². The van der Waals surface area contributed by atoms with Crippen molar-refractivity contribution in [3.05, 3.63) is 54.4 Å². The fourth-order valence-electron chi connectivity index (χ4n) is 3.93. The largest absolute Gasteiger partial charge is 0.370 e. The van der Waals surface area contributed by atoms with E-state index in [4.69, 9.17) is 5.73 Å². The molecule has 1 fully saturated rings. The van der Waals surface area contributed by atoms with E-state index in [9.17, 15) is 4.79 Å². The SMILES string of the molecule is Cc1nc2ccc(N3CCN(c4ccccc4)CC3CCC(N)=O)cc2[nH]1. The normalized spacial score (nSPS) is 17.4. The van der Waals surface area contributed by atoms with Crippen LogP contribution >= 0.6 is 0 Å². The van der Waals surface area contributed by atoms with E-state index in [2.05, 4.69) is 62.2 Å². The smallest absolute Gasteiger partial charge is 0.217 e. The van der Waals surface area contributed by atoms with Gasteiger partial charge < -0.3 is 20.5 Å². The van der Waals surface area contributed by atoms with Crippen LogP contribution in [0.2, 0.25) is 0 Å². The Morgan fingerprint density at radius 2 is 2.00 bits per heavy atom. The van der Waals surface area contributed by atoms with Gasteiger partial charge in [-0.25, -0.2) is 4.98 Å². The molecule has 1 aliphatic rings. The number of para-hydroxylation sites is 1. The third kappa shape index (κ3) is 3.74. The number of rotatable bonds is 5. The van der Waals surface area contributed by atoms with Crippen molar-refractivity contribution in [2.24, 2.45) is 5.73 Å². The number of nitrogens with zero attached hydrogens (tertiary/aromatic N) is 3. The van der Waals surface area contributed by atoms with E-state index in [1.54, 1.807) is 0 Å². The Morgan fingerprint density at radius 1 is 1.19 bits per heavy atom. The highest BCUT2D eigenvalue weighted by Gasteiger charge is 2.28. The van der Waals surface area contributed by atoms with Gasteiger partial charge >= 0.3 is 0 Å². The van der Waals surface area contributed by atoms with Crippen LogP contribution in [0.5, 0.6) is 0 Å². The summed E-state index contributed by atoms with van der Waals surface area (Å²) in [4.78, 5) is 24.0. The zero-order chi connectivity index (χ0) is 18.8. The first-order chi connectivity index (χ1) is 13.1. The van der Waals surface area contributed by atoms with Gasteiger partial charge in [0.2, 0.25) is 5.91 Å². The topological polar surface area (TPSA) is 78.2 Å². The average molecular weight is 363 g/mol. The molecule has 1 aliphatic heterocycles. The number of anilines is 2. The zero-order valence-corrected chi connectivity index (χ0v) is 15.6. The molecule has 2 aromatic carbocycles. The Balaban J connectivity index is 1.60. The molecule has 1 aromatic heterocycles. The molecule has 0 radical (unpaired) electrons. The first-order valence-electron chi connectivity index (χ1n) is 9.41. The zero-order valence-electron chi connectivity index (χ0n) is 15.6. The van der Waals surface area contributed by atoms with Gasteiger partial charge in [-0.3, -0.25) is 4.79 Å². The van der Waals surface area contributed by atoms with Crippen LogP contribution in [0.1, 0.15) is 18.7 Å². The first kappa shape index (κ1) is 17.4. The van der Waals surface area contributed by atoms with Crippen molar-refractivity contribution in [1.82, 2.24) is 9.97 Å². The number of aromatic amines is 1. The number of amides is 1. The number of H-pyrrole nitrogens is 1. The summed E-state index contributed by atoms with van der Waals surface area (Å²) in [5.41, 5.74) is 9.84. The number of carbonyl (C=O) groups excluding carboxylic acids is 1. The highest BCUT2D eigenvalue weighted by atomic mass is 16.1. The van der Waals surface area contributed by atoms with Crippen molar-refractivity contribution in [1.29, 1.82) is 0 Å². The Hall–Kier alpha value is -3.02. The summed E-state index contributed by atoms with van der Waals surface area (Å²) in [6.45, 7) is 4.68. The van der Waals surface area contributed by atoms with E-state index in [0.717, 1.165) is 48.6 Å². The van der Waals surface area contributed by atoms with Gasteiger partial charge in [0.15, 0.2) is 0 Å². The summed E-state index contributed by atoms with van der Waals surface area (Å²) < 4.78 is 0. The van der Waals surface area contributed by atoms with Gasteiger partial charge in [0, 0.05) is 43.5 Å².